The minimum atomic E-state index is 0.0409. The van der Waals surface area contributed by atoms with Gasteiger partial charge >= 0.3 is 0 Å². The number of piperazine rings is 1. The molecule has 0 spiro atoms. The van der Waals surface area contributed by atoms with Gasteiger partial charge in [-0.3, -0.25) is 4.79 Å². The summed E-state index contributed by atoms with van der Waals surface area (Å²) in [6.07, 6.45) is 1.47. The maximum atomic E-state index is 12.7. The topological polar surface area (TPSA) is 75.9 Å². The molecular formula is C17H18N6O2. The molecule has 3 aromatic rings. The number of carbonyl (C=O) groups is 1. The van der Waals surface area contributed by atoms with Crippen LogP contribution in [0.1, 0.15) is 5.69 Å². The molecule has 1 amide bonds. The summed E-state index contributed by atoms with van der Waals surface area (Å²) in [7, 11) is 1.63. The Morgan fingerprint density at radius 3 is 2.68 bits per heavy atom. The molecule has 0 aliphatic carbocycles. The second-order valence-corrected chi connectivity index (χ2v) is 5.89. The van der Waals surface area contributed by atoms with Crippen LogP contribution in [-0.2, 0) is 4.79 Å². The Morgan fingerprint density at radius 1 is 1.16 bits per heavy atom. The Bertz CT molecular complexity index is 921. The quantitative estimate of drug-likeness (QED) is 0.716. The Balaban J connectivity index is 1.58. The number of rotatable bonds is 3. The molecule has 1 aromatic carbocycles. The van der Waals surface area contributed by atoms with Crippen molar-refractivity contribution in [1.82, 2.24) is 19.6 Å². The van der Waals surface area contributed by atoms with E-state index in [1.807, 2.05) is 42.2 Å². The molecule has 1 aliphatic heterocycles. The van der Waals surface area contributed by atoms with Crippen LogP contribution in [0.2, 0.25) is 0 Å². The standard InChI is InChI=1S/C17H18N6O2/c1-12-9-15(23-17(20-12)18-11-19-23)21-7-8-22(16(24)10-21)13-3-5-14(25-2)6-4-13/h3-6,9,11H,7-8,10H2,1-2H3. The maximum absolute atomic E-state index is 12.7. The fourth-order valence-electron chi connectivity index (χ4n) is 3.04. The van der Waals surface area contributed by atoms with E-state index in [1.165, 1.54) is 6.33 Å². The van der Waals surface area contributed by atoms with Gasteiger partial charge in [-0.1, -0.05) is 0 Å². The van der Waals surface area contributed by atoms with Crippen molar-refractivity contribution in [2.24, 2.45) is 0 Å². The van der Waals surface area contributed by atoms with Crippen LogP contribution in [0.5, 0.6) is 5.75 Å². The van der Waals surface area contributed by atoms with Gasteiger partial charge in [-0.15, -0.1) is 0 Å². The first-order valence-electron chi connectivity index (χ1n) is 8.02. The highest BCUT2D eigenvalue weighted by Gasteiger charge is 2.27. The van der Waals surface area contributed by atoms with Crippen LogP contribution < -0.4 is 14.5 Å². The number of hydrogen-bond acceptors (Lipinski definition) is 6. The Kier molecular flexibility index (Phi) is 3.72. The largest absolute Gasteiger partial charge is 0.497 e. The van der Waals surface area contributed by atoms with Gasteiger partial charge < -0.3 is 14.5 Å². The van der Waals surface area contributed by atoms with E-state index in [9.17, 15) is 4.79 Å². The van der Waals surface area contributed by atoms with Crippen molar-refractivity contribution in [2.75, 3.05) is 36.5 Å². The third kappa shape index (κ3) is 2.75. The van der Waals surface area contributed by atoms with E-state index in [0.29, 0.717) is 18.9 Å². The fraction of sp³-hybridized carbons (Fsp3) is 0.294. The molecule has 0 unspecified atom stereocenters. The molecule has 8 heteroatoms. The fourth-order valence-corrected chi connectivity index (χ4v) is 3.04. The first-order chi connectivity index (χ1) is 12.2. The zero-order chi connectivity index (χ0) is 17.4. The second-order valence-electron chi connectivity index (χ2n) is 5.89. The van der Waals surface area contributed by atoms with E-state index < -0.39 is 0 Å². The summed E-state index contributed by atoms with van der Waals surface area (Å²) in [4.78, 5) is 25.0. The predicted octanol–water partition coefficient (Wildman–Crippen LogP) is 1.29. The molecule has 0 bridgehead atoms. The third-order valence-corrected chi connectivity index (χ3v) is 4.29. The van der Waals surface area contributed by atoms with E-state index in [0.717, 1.165) is 22.9 Å². The lowest BCUT2D eigenvalue weighted by Crippen LogP contribution is -2.51. The highest BCUT2D eigenvalue weighted by atomic mass is 16.5. The number of carbonyl (C=O) groups excluding carboxylic acids is 1. The average molecular weight is 338 g/mol. The zero-order valence-electron chi connectivity index (χ0n) is 14.1. The first kappa shape index (κ1) is 15.4. The Morgan fingerprint density at radius 2 is 1.96 bits per heavy atom. The van der Waals surface area contributed by atoms with Gasteiger partial charge in [0, 0.05) is 30.5 Å². The Labute approximate surface area is 144 Å². The van der Waals surface area contributed by atoms with Gasteiger partial charge in [0.05, 0.1) is 13.7 Å². The summed E-state index contributed by atoms with van der Waals surface area (Å²) in [6.45, 7) is 3.50. The molecule has 4 rings (SSSR count). The number of hydrogen-bond donors (Lipinski definition) is 0. The Hall–Kier alpha value is -3.16. The van der Waals surface area contributed by atoms with Gasteiger partial charge in [-0.2, -0.15) is 14.6 Å². The molecular weight excluding hydrogens is 320 g/mol. The van der Waals surface area contributed by atoms with Crippen molar-refractivity contribution in [2.45, 2.75) is 6.92 Å². The molecule has 128 valence electrons. The number of ether oxygens (including phenoxy) is 1. The molecule has 1 saturated heterocycles. The van der Waals surface area contributed by atoms with Crippen molar-refractivity contribution in [3.8, 4) is 5.75 Å². The van der Waals surface area contributed by atoms with E-state index in [2.05, 4.69) is 15.1 Å². The van der Waals surface area contributed by atoms with Crippen LogP contribution in [0, 0.1) is 6.92 Å². The van der Waals surface area contributed by atoms with Gasteiger partial charge in [-0.05, 0) is 31.2 Å². The van der Waals surface area contributed by atoms with Crippen LogP contribution in [0.25, 0.3) is 5.78 Å². The van der Waals surface area contributed by atoms with E-state index in [-0.39, 0.29) is 12.5 Å². The SMILES string of the molecule is COc1ccc(N2CCN(c3cc(C)nc4ncnn34)CC2=O)cc1. The van der Waals surface area contributed by atoms with Crippen LogP contribution in [0.4, 0.5) is 11.5 Å². The summed E-state index contributed by atoms with van der Waals surface area (Å²) < 4.78 is 6.84. The summed E-state index contributed by atoms with van der Waals surface area (Å²) in [6, 6.07) is 9.45. The summed E-state index contributed by atoms with van der Waals surface area (Å²) in [5.74, 6) is 2.19. The highest BCUT2D eigenvalue weighted by Crippen LogP contribution is 2.23. The second kappa shape index (κ2) is 6.04. The molecule has 0 saturated carbocycles. The minimum absolute atomic E-state index is 0.0409. The zero-order valence-corrected chi connectivity index (χ0v) is 14.1. The van der Waals surface area contributed by atoms with Crippen LogP contribution in [0.3, 0.4) is 0 Å². The molecule has 0 radical (unpaired) electrons. The summed E-state index contributed by atoms with van der Waals surface area (Å²) in [5, 5.41) is 4.22. The normalized spacial score (nSPS) is 15.0. The van der Waals surface area contributed by atoms with Gasteiger partial charge in [0.2, 0.25) is 5.91 Å². The highest BCUT2D eigenvalue weighted by molar-refractivity contribution is 5.97. The monoisotopic (exact) mass is 338 g/mol. The number of fused-ring (bicyclic) bond motifs is 1. The van der Waals surface area contributed by atoms with Gasteiger partial charge in [0.1, 0.15) is 17.9 Å². The van der Waals surface area contributed by atoms with Gasteiger partial charge in [0.25, 0.3) is 5.78 Å². The van der Waals surface area contributed by atoms with Gasteiger partial charge in [-0.25, -0.2) is 4.98 Å². The molecule has 0 N–H and O–H groups in total. The molecule has 8 nitrogen and oxygen atoms in total. The molecule has 3 heterocycles. The lowest BCUT2D eigenvalue weighted by atomic mass is 10.2. The van der Waals surface area contributed by atoms with Crippen molar-refractivity contribution < 1.29 is 9.53 Å². The number of benzene rings is 1. The summed E-state index contributed by atoms with van der Waals surface area (Å²) in [5.41, 5.74) is 1.72. The first-order valence-corrected chi connectivity index (χ1v) is 8.02. The number of amides is 1. The van der Waals surface area contributed by atoms with Crippen molar-refractivity contribution in [3.05, 3.63) is 42.4 Å². The third-order valence-electron chi connectivity index (χ3n) is 4.29. The number of aromatic nitrogens is 4. The summed E-state index contributed by atoms with van der Waals surface area (Å²) >= 11 is 0. The molecule has 2 aromatic heterocycles. The van der Waals surface area contributed by atoms with Crippen molar-refractivity contribution in [1.29, 1.82) is 0 Å². The van der Waals surface area contributed by atoms with Crippen LogP contribution in [0.15, 0.2) is 36.7 Å². The van der Waals surface area contributed by atoms with Crippen LogP contribution >= 0.6 is 0 Å². The number of anilines is 2. The van der Waals surface area contributed by atoms with Crippen LogP contribution in [-0.4, -0.2) is 52.2 Å². The van der Waals surface area contributed by atoms with E-state index in [4.69, 9.17) is 4.74 Å². The number of aryl methyl sites for hydroxylation is 1. The molecule has 1 aliphatic rings. The molecule has 0 atom stereocenters. The van der Waals surface area contributed by atoms with Gasteiger partial charge in [0.15, 0.2) is 0 Å². The lowest BCUT2D eigenvalue weighted by Gasteiger charge is -2.35. The maximum Gasteiger partial charge on any atom is 0.254 e. The molecule has 25 heavy (non-hydrogen) atoms. The van der Waals surface area contributed by atoms with E-state index in [1.54, 1.807) is 16.5 Å². The predicted molar refractivity (Wildman–Crippen MR) is 93.1 cm³/mol. The average Bonchev–Trinajstić information content (AvgIpc) is 3.09. The lowest BCUT2D eigenvalue weighted by molar-refractivity contribution is -0.117. The number of nitrogens with zero attached hydrogens (tertiary/aromatic N) is 6. The molecule has 1 fully saturated rings. The smallest absolute Gasteiger partial charge is 0.254 e. The van der Waals surface area contributed by atoms with Crippen molar-refractivity contribution in [3.63, 3.8) is 0 Å². The number of methoxy groups -OCH3 is 1. The van der Waals surface area contributed by atoms with E-state index >= 15 is 0 Å². The van der Waals surface area contributed by atoms with Crippen molar-refractivity contribution >= 4 is 23.2 Å². The minimum Gasteiger partial charge on any atom is -0.497 e.